The Kier molecular flexibility index (Phi) is 3.90. The Labute approximate surface area is 133 Å². The fourth-order valence-corrected chi connectivity index (χ4v) is 2.62. The van der Waals surface area contributed by atoms with E-state index in [4.69, 9.17) is 16.0 Å². The zero-order valence-electron chi connectivity index (χ0n) is 12.4. The van der Waals surface area contributed by atoms with Crippen LogP contribution in [0.5, 0.6) is 0 Å². The van der Waals surface area contributed by atoms with Crippen molar-refractivity contribution in [3.63, 3.8) is 0 Å². The Morgan fingerprint density at radius 3 is 2.86 bits per heavy atom. The topological polar surface area (TPSA) is 42.2 Å². The molecule has 3 nitrogen and oxygen atoms in total. The van der Waals surface area contributed by atoms with E-state index in [1.54, 1.807) is 12.3 Å². The van der Waals surface area contributed by atoms with Crippen molar-refractivity contribution in [1.82, 2.24) is 0 Å². The number of carbonyl (C=O) groups is 1. The van der Waals surface area contributed by atoms with Gasteiger partial charge in [-0.2, -0.15) is 0 Å². The van der Waals surface area contributed by atoms with Crippen LogP contribution in [0.4, 0.5) is 5.69 Å². The minimum absolute atomic E-state index is 0.0884. The summed E-state index contributed by atoms with van der Waals surface area (Å²) in [7, 11) is 0. The number of nitrogens with one attached hydrogen (secondary N) is 1. The van der Waals surface area contributed by atoms with Gasteiger partial charge < -0.3 is 9.73 Å². The minimum atomic E-state index is -0.0884. The third-order valence-electron chi connectivity index (χ3n) is 3.70. The summed E-state index contributed by atoms with van der Waals surface area (Å²) in [5.41, 5.74) is 4.43. The number of rotatable bonds is 3. The second kappa shape index (κ2) is 5.85. The van der Waals surface area contributed by atoms with Crippen LogP contribution in [-0.4, -0.2) is 5.91 Å². The molecule has 0 saturated heterocycles. The molecular weight excluding hydrogens is 298 g/mol. The van der Waals surface area contributed by atoms with Gasteiger partial charge in [-0.15, -0.1) is 0 Å². The van der Waals surface area contributed by atoms with E-state index in [0.29, 0.717) is 5.02 Å². The number of furan rings is 1. The Balaban J connectivity index is 1.81. The Hall–Kier alpha value is -2.26. The van der Waals surface area contributed by atoms with Crippen LogP contribution in [-0.2, 0) is 11.2 Å². The summed E-state index contributed by atoms with van der Waals surface area (Å²) in [4.78, 5) is 12.3. The number of amides is 1. The van der Waals surface area contributed by atoms with E-state index in [9.17, 15) is 4.79 Å². The van der Waals surface area contributed by atoms with E-state index in [1.807, 2.05) is 44.2 Å². The maximum absolute atomic E-state index is 12.3. The van der Waals surface area contributed by atoms with Crippen LogP contribution >= 0.6 is 11.6 Å². The molecule has 0 spiro atoms. The van der Waals surface area contributed by atoms with E-state index in [0.717, 1.165) is 33.3 Å². The molecule has 0 aliphatic heterocycles. The summed E-state index contributed by atoms with van der Waals surface area (Å²) in [6.45, 7) is 3.90. The van der Waals surface area contributed by atoms with Gasteiger partial charge in [-0.05, 0) is 43.7 Å². The lowest BCUT2D eigenvalue weighted by molar-refractivity contribution is -0.115. The smallest absolute Gasteiger partial charge is 0.228 e. The number of benzene rings is 2. The second-order valence-corrected chi connectivity index (χ2v) is 5.81. The van der Waals surface area contributed by atoms with E-state index >= 15 is 0 Å². The fraction of sp³-hybridized carbons (Fsp3) is 0.167. The Morgan fingerprint density at radius 2 is 2.05 bits per heavy atom. The highest BCUT2D eigenvalue weighted by molar-refractivity contribution is 6.31. The van der Waals surface area contributed by atoms with E-state index < -0.39 is 0 Å². The quantitative estimate of drug-likeness (QED) is 0.748. The van der Waals surface area contributed by atoms with Gasteiger partial charge in [-0.1, -0.05) is 29.3 Å². The van der Waals surface area contributed by atoms with Crippen molar-refractivity contribution in [2.24, 2.45) is 0 Å². The molecule has 3 aromatic rings. The van der Waals surface area contributed by atoms with Crippen LogP contribution in [0.15, 0.2) is 47.1 Å². The molecule has 0 radical (unpaired) electrons. The first kappa shape index (κ1) is 14.7. The molecule has 2 aromatic carbocycles. The molecule has 0 unspecified atom stereocenters. The second-order valence-electron chi connectivity index (χ2n) is 5.40. The SMILES string of the molecule is Cc1ccc2occ(CC(=O)Nc3cccc(Cl)c3C)c2c1. The van der Waals surface area contributed by atoms with Crippen molar-refractivity contribution in [3.05, 3.63) is 64.4 Å². The molecule has 0 aliphatic rings. The van der Waals surface area contributed by atoms with Gasteiger partial charge >= 0.3 is 0 Å². The molecule has 0 atom stereocenters. The van der Waals surface area contributed by atoms with Crippen molar-refractivity contribution < 1.29 is 9.21 Å². The molecular formula is C18H16ClNO2. The van der Waals surface area contributed by atoms with Gasteiger partial charge in [0.2, 0.25) is 5.91 Å². The van der Waals surface area contributed by atoms with Crippen molar-refractivity contribution in [3.8, 4) is 0 Å². The number of aryl methyl sites for hydroxylation is 1. The van der Waals surface area contributed by atoms with Crippen molar-refractivity contribution in [2.45, 2.75) is 20.3 Å². The van der Waals surface area contributed by atoms with E-state index in [-0.39, 0.29) is 12.3 Å². The van der Waals surface area contributed by atoms with Crippen LogP contribution in [0.2, 0.25) is 5.02 Å². The highest BCUT2D eigenvalue weighted by Crippen LogP contribution is 2.25. The fourth-order valence-electron chi connectivity index (χ4n) is 2.44. The summed E-state index contributed by atoms with van der Waals surface area (Å²) >= 11 is 6.07. The first-order valence-electron chi connectivity index (χ1n) is 7.06. The molecule has 1 heterocycles. The third-order valence-corrected chi connectivity index (χ3v) is 4.11. The molecule has 1 amide bonds. The minimum Gasteiger partial charge on any atom is -0.464 e. The molecule has 112 valence electrons. The van der Waals surface area contributed by atoms with Crippen LogP contribution < -0.4 is 5.32 Å². The highest BCUT2D eigenvalue weighted by Gasteiger charge is 2.12. The standard InChI is InChI=1S/C18H16ClNO2/c1-11-6-7-17-14(8-11)13(10-22-17)9-18(21)20-16-5-3-4-15(19)12(16)2/h3-8,10H,9H2,1-2H3,(H,20,21). The van der Waals surface area contributed by atoms with Gasteiger partial charge in [0.1, 0.15) is 5.58 Å². The van der Waals surface area contributed by atoms with Crippen LogP contribution in [0.1, 0.15) is 16.7 Å². The summed E-state index contributed by atoms with van der Waals surface area (Å²) in [6.07, 6.45) is 1.91. The number of halogens is 1. The third kappa shape index (κ3) is 2.85. The van der Waals surface area contributed by atoms with Crippen LogP contribution in [0, 0.1) is 13.8 Å². The number of hydrogen-bond donors (Lipinski definition) is 1. The lowest BCUT2D eigenvalue weighted by Crippen LogP contribution is -2.15. The summed E-state index contributed by atoms with van der Waals surface area (Å²) in [5, 5.41) is 4.53. The largest absolute Gasteiger partial charge is 0.464 e. The molecule has 22 heavy (non-hydrogen) atoms. The average Bonchev–Trinajstić information content (AvgIpc) is 2.86. The molecule has 0 aliphatic carbocycles. The Bertz CT molecular complexity index is 851. The molecule has 0 fully saturated rings. The molecule has 1 aromatic heterocycles. The average molecular weight is 314 g/mol. The van der Waals surface area contributed by atoms with Crippen molar-refractivity contribution >= 4 is 34.2 Å². The van der Waals surface area contributed by atoms with Crippen molar-refractivity contribution in [1.29, 1.82) is 0 Å². The number of anilines is 1. The maximum atomic E-state index is 12.3. The van der Waals surface area contributed by atoms with Crippen LogP contribution in [0.3, 0.4) is 0 Å². The highest BCUT2D eigenvalue weighted by atomic mass is 35.5. The normalized spacial score (nSPS) is 10.9. The first-order chi connectivity index (χ1) is 10.5. The Morgan fingerprint density at radius 1 is 1.23 bits per heavy atom. The van der Waals surface area contributed by atoms with Crippen molar-refractivity contribution in [2.75, 3.05) is 5.32 Å². The van der Waals surface area contributed by atoms with Gasteiger partial charge in [0.15, 0.2) is 0 Å². The van der Waals surface area contributed by atoms with E-state index in [2.05, 4.69) is 5.32 Å². The molecule has 0 bridgehead atoms. The summed E-state index contributed by atoms with van der Waals surface area (Å²) < 4.78 is 5.50. The molecule has 0 saturated carbocycles. The van der Waals surface area contributed by atoms with E-state index in [1.165, 1.54) is 0 Å². The monoisotopic (exact) mass is 313 g/mol. The van der Waals surface area contributed by atoms with Gasteiger partial charge in [0.05, 0.1) is 12.7 Å². The zero-order chi connectivity index (χ0) is 15.7. The summed E-state index contributed by atoms with van der Waals surface area (Å²) in [5.74, 6) is -0.0884. The predicted molar refractivity (Wildman–Crippen MR) is 89.5 cm³/mol. The first-order valence-corrected chi connectivity index (χ1v) is 7.44. The molecule has 4 heteroatoms. The van der Waals surface area contributed by atoms with Crippen LogP contribution in [0.25, 0.3) is 11.0 Å². The number of carbonyl (C=O) groups excluding carboxylic acids is 1. The van der Waals surface area contributed by atoms with Gasteiger partial charge in [0, 0.05) is 21.7 Å². The van der Waals surface area contributed by atoms with Gasteiger partial charge in [0.25, 0.3) is 0 Å². The predicted octanol–water partition coefficient (Wildman–Crippen LogP) is 4.88. The molecule has 3 rings (SSSR count). The van der Waals surface area contributed by atoms with Gasteiger partial charge in [-0.3, -0.25) is 4.79 Å². The number of hydrogen-bond acceptors (Lipinski definition) is 2. The molecule has 1 N–H and O–H groups in total. The zero-order valence-corrected chi connectivity index (χ0v) is 13.2. The lowest BCUT2D eigenvalue weighted by atomic mass is 10.1. The maximum Gasteiger partial charge on any atom is 0.228 e. The van der Waals surface area contributed by atoms with Gasteiger partial charge in [-0.25, -0.2) is 0 Å². The number of fused-ring (bicyclic) bond motifs is 1. The summed E-state index contributed by atoms with van der Waals surface area (Å²) in [6, 6.07) is 11.4. The lowest BCUT2D eigenvalue weighted by Gasteiger charge is -2.09.